The summed E-state index contributed by atoms with van der Waals surface area (Å²) in [6.07, 6.45) is 2.22. The molecule has 1 rings (SSSR count). The van der Waals surface area contributed by atoms with Crippen molar-refractivity contribution in [3.63, 3.8) is 0 Å². The Morgan fingerprint density at radius 1 is 1.39 bits per heavy atom. The summed E-state index contributed by atoms with van der Waals surface area (Å²) in [4.78, 5) is 6.07. The fraction of sp³-hybridized carbons (Fsp3) is 0.667. The summed E-state index contributed by atoms with van der Waals surface area (Å²) in [7, 11) is 0. The first-order valence-corrected chi connectivity index (χ1v) is 7.38. The molecule has 1 aromatic rings. The van der Waals surface area contributed by atoms with E-state index in [1.54, 1.807) is 0 Å². The maximum Gasteiger partial charge on any atom is 0.0985 e. The van der Waals surface area contributed by atoms with Crippen molar-refractivity contribution in [3.8, 4) is 0 Å². The van der Waals surface area contributed by atoms with E-state index in [1.807, 2.05) is 11.3 Å². The molecule has 0 aromatic carbocycles. The van der Waals surface area contributed by atoms with Crippen LogP contribution >= 0.6 is 11.3 Å². The molecule has 3 heteroatoms. The zero-order chi connectivity index (χ0) is 13.9. The summed E-state index contributed by atoms with van der Waals surface area (Å²) in [5, 5.41) is 4.76. The first-order valence-electron chi connectivity index (χ1n) is 6.56. The van der Waals surface area contributed by atoms with Crippen molar-refractivity contribution in [2.24, 2.45) is 0 Å². The molecule has 1 atom stereocenters. The number of nitrogens with zero attached hydrogens (tertiary/aromatic N) is 1. The van der Waals surface area contributed by atoms with Gasteiger partial charge in [0.05, 0.1) is 10.7 Å². The van der Waals surface area contributed by atoms with Gasteiger partial charge in [-0.15, -0.1) is 11.3 Å². The minimum atomic E-state index is 0.146. The van der Waals surface area contributed by atoms with Crippen LogP contribution in [0.5, 0.6) is 0 Å². The average molecular weight is 266 g/mol. The second-order valence-corrected chi connectivity index (χ2v) is 7.16. The van der Waals surface area contributed by atoms with E-state index < -0.39 is 0 Å². The summed E-state index contributed by atoms with van der Waals surface area (Å²) in [5.41, 5.74) is 2.67. The molecule has 1 heterocycles. The van der Waals surface area contributed by atoms with Crippen molar-refractivity contribution < 1.29 is 0 Å². The van der Waals surface area contributed by atoms with Gasteiger partial charge in [-0.05, 0) is 27.7 Å². The highest BCUT2D eigenvalue weighted by Crippen LogP contribution is 2.32. The van der Waals surface area contributed by atoms with E-state index in [1.165, 1.54) is 21.2 Å². The molecule has 0 aliphatic carbocycles. The molecule has 102 valence electrons. The minimum Gasteiger partial charge on any atom is -0.306 e. The smallest absolute Gasteiger partial charge is 0.0985 e. The Balaban J connectivity index is 2.77. The molecule has 1 N–H and O–H groups in total. The fourth-order valence-electron chi connectivity index (χ4n) is 1.66. The number of rotatable bonds is 4. The summed E-state index contributed by atoms with van der Waals surface area (Å²) in [6.45, 7) is 16.2. The molecule has 0 aliphatic heterocycles. The summed E-state index contributed by atoms with van der Waals surface area (Å²) < 4.78 is 0. The molecular weight excluding hydrogens is 240 g/mol. The lowest BCUT2D eigenvalue weighted by molar-refractivity contribution is 0.583. The highest BCUT2D eigenvalue weighted by atomic mass is 32.1. The fourth-order valence-corrected chi connectivity index (χ4v) is 2.81. The molecule has 0 radical (unpaired) electrons. The largest absolute Gasteiger partial charge is 0.306 e. The summed E-state index contributed by atoms with van der Waals surface area (Å²) in [5.74, 6) is 0. The van der Waals surface area contributed by atoms with Crippen molar-refractivity contribution in [1.82, 2.24) is 10.3 Å². The summed E-state index contributed by atoms with van der Waals surface area (Å²) >= 11 is 1.84. The van der Waals surface area contributed by atoms with E-state index >= 15 is 0 Å². The third-order valence-corrected chi connectivity index (χ3v) is 4.57. The second-order valence-electron chi connectivity index (χ2n) is 6.13. The molecule has 1 unspecified atom stereocenters. The molecule has 0 aliphatic rings. The van der Waals surface area contributed by atoms with Crippen LogP contribution in [0.3, 0.4) is 0 Å². The van der Waals surface area contributed by atoms with E-state index in [2.05, 4.69) is 59.9 Å². The quantitative estimate of drug-likeness (QED) is 0.819. The normalized spacial score (nSPS) is 13.5. The molecule has 1 aromatic heterocycles. The van der Waals surface area contributed by atoms with Gasteiger partial charge in [0.25, 0.3) is 0 Å². The van der Waals surface area contributed by atoms with E-state index in [9.17, 15) is 0 Å². The second kappa shape index (κ2) is 5.98. The van der Waals surface area contributed by atoms with Crippen molar-refractivity contribution in [2.75, 3.05) is 6.54 Å². The Bertz CT molecular complexity index is 420. The molecule has 0 bridgehead atoms. The Labute approximate surface area is 116 Å². The Hall–Kier alpha value is -0.670. The molecule has 18 heavy (non-hydrogen) atoms. The van der Waals surface area contributed by atoms with Crippen LogP contribution < -0.4 is 5.32 Å². The monoisotopic (exact) mass is 266 g/mol. The maximum atomic E-state index is 4.71. The van der Waals surface area contributed by atoms with Crippen molar-refractivity contribution in [3.05, 3.63) is 27.2 Å². The van der Waals surface area contributed by atoms with Crippen LogP contribution in [0.15, 0.2) is 11.6 Å². The number of allylic oxidation sites excluding steroid dienone is 1. The van der Waals surface area contributed by atoms with E-state index in [0.717, 1.165) is 6.54 Å². The Kier molecular flexibility index (Phi) is 5.11. The van der Waals surface area contributed by atoms with Gasteiger partial charge in [0.2, 0.25) is 0 Å². The lowest BCUT2D eigenvalue weighted by Gasteiger charge is -2.14. The number of thiazole rings is 1. The van der Waals surface area contributed by atoms with Crippen molar-refractivity contribution in [1.29, 1.82) is 0 Å². The van der Waals surface area contributed by atoms with Crippen LogP contribution in [0, 0.1) is 6.92 Å². The van der Waals surface area contributed by atoms with Gasteiger partial charge in [0, 0.05) is 22.9 Å². The molecule has 0 fully saturated rings. The van der Waals surface area contributed by atoms with Gasteiger partial charge in [-0.25, -0.2) is 4.98 Å². The number of aromatic nitrogens is 1. The number of hydrogen-bond donors (Lipinski definition) is 1. The first kappa shape index (κ1) is 15.4. The predicted molar refractivity (Wildman–Crippen MR) is 81.4 cm³/mol. The molecule has 0 saturated heterocycles. The molecule has 2 nitrogen and oxygen atoms in total. The van der Waals surface area contributed by atoms with E-state index in [0.29, 0.717) is 6.04 Å². The third-order valence-electron chi connectivity index (χ3n) is 2.80. The zero-order valence-corrected chi connectivity index (χ0v) is 13.5. The van der Waals surface area contributed by atoms with Crippen LogP contribution in [-0.2, 0) is 5.41 Å². The number of nitrogens with one attached hydrogen (secondary N) is 1. The van der Waals surface area contributed by atoms with Gasteiger partial charge < -0.3 is 5.32 Å². The first-order chi connectivity index (χ1) is 8.21. The van der Waals surface area contributed by atoms with Gasteiger partial charge in [0.1, 0.15) is 0 Å². The number of aryl methyl sites for hydroxylation is 1. The predicted octanol–water partition coefficient (Wildman–Crippen LogP) is 4.37. The standard InChI is InChI=1S/C15H26N2S/c1-10(2)8-9-16-11(3)13-12(4)17-14(18-13)15(5,6)7/h8,11,16H,9H2,1-7H3. The van der Waals surface area contributed by atoms with Crippen LogP contribution in [0.1, 0.15) is 63.2 Å². The summed E-state index contributed by atoms with van der Waals surface area (Å²) in [6, 6.07) is 0.370. The molecule has 0 saturated carbocycles. The zero-order valence-electron chi connectivity index (χ0n) is 12.7. The lowest BCUT2D eigenvalue weighted by atomic mass is 9.98. The van der Waals surface area contributed by atoms with Gasteiger partial charge in [0.15, 0.2) is 0 Å². The van der Waals surface area contributed by atoms with Gasteiger partial charge in [-0.2, -0.15) is 0 Å². The van der Waals surface area contributed by atoms with E-state index in [4.69, 9.17) is 4.98 Å². The Morgan fingerprint density at radius 2 is 2.00 bits per heavy atom. The van der Waals surface area contributed by atoms with Gasteiger partial charge in [-0.1, -0.05) is 32.4 Å². The van der Waals surface area contributed by atoms with Crippen LogP contribution in [0.2, 0.25) is 0 Å². The van der Waals surface area contributed by atoms with Crippen molar-refractivity contribution in [2.45, 2.75) is 59.9 Å². The topological polar surface area (TPSA) is 24.9 Å². The lowest BCUT2D eigenvalue weighted by Crippen LogP contribution is -2.18. The van der Waals surface area contributed by atoms with Crippen molar-refractivity contribution >= 4 is 11.3 Å². The van der Waals surface area contributed by atoms with Crippen LogP contribution in [0.25, 0.3) is 0 Å². The maximum absolute atomic E-state index is 4.71. The average Bonchev–Trinajstić information content (AvgIpc) is 2.59. The molecular formula is C15H26N2S. The highest BCUT2D eigenvalue weighted by molar-refractivity contribution is 7.12. The van der Waals surface area contributed by atoms with Gasteiger partial charge in [-0.3, -0.25) is 0 Å². The van der Waals surface area contributed by atoms with Crippen LogP contribution in [-0.4, -0.2) is 11.5 Å². The SMILES string of the molecule is CC(C)=CCNC(C)c1sc(C(C)(C)C)nc1C. The number of hydrogen-bond acceptors (Lipinski definition) is 3. The van der Waals surface area contributed by atoms with E-state index in [-0.39, 0.29) is 5.41 Å². The Morgan fingerprint density at radius 3 is 2.44 bits per heavy atom. The van der Waals surface area contributed by atoms with Gasteiger partial charge >= 0.3 is 0 Å². The van der Waals surface area contributed by atoms with Crippen LogP contribution in [0.4, 0.5) is 0 Å². The highest BCUT2D eigenvalue weighted by Gasteiger charge is 2.21. The minimum absolute atomic E-state index is 0.146. The molecule has 0 amide bonds. The third kappa shape index (κ3) is 4.21. The molecule has 0 spiro atoms.